The minimum absolute atomic E-state index is 0.0548. The third kappa shape index (κ3) is 10.8. The molecule has 1 aliphatic carbocycles. The second-order valence-electron chi connectivity index (χ2n) is 9.29. The SMILES string of the molecule is C=CCOC1C(CCC)C(OCCCC)C(OCCCC)C(OCCCC)C1OCCCC. The fourth-order valence-corrected chi connectivity index (χ4v) is 4.54. The van der Waals surface area contributed by atoms with Crippen LogP contribution in [0.5, 0.6) is 0 Å². The molecule has 0 aromatic heterocycles. The average molecular weight is 471 g/mol. The molecule has 0 saturated heterocycles. The highest BCUT2D eigenvalue weighted by atomic mass is 16.6. The maximum atomic E-state index is 6.59. The van der Waals surface area contributed by atoms with Crippen molar-refractivity contribution < 1.29 is 23.7 Å². The van der Waals surface area contributed by atoms with Crippen LogP contribution < -0.4 is 0 Å². The molecule has 1 saturated carbocycles. The molecule has 33 heavy (non-hydrogen) atoms. The van der Waals surface area contributed by atoms with Crippen LogP contribution in [0.1, 0.15) is 98.8 Å². The van der Waals surface area contributed by atoms with Crippen molar-refractivity contribution >= 4 is 0 Å². The van der Waals surface area contributed by atoms with Gasteiger partial charge in [-0.3, -0.25) is 0 Å². The van der Waals surface area contributed by atoms with Crippen LogP contribution >= 0.6 is 0 Å². The monoisotopic (exact) mass is 470 g/mol. The Labute approximate surface area is 204 Å². The minimum Gasteiger partial charge on any atom is -0.375 e. The van der Waals surface area contributed by atoms with E-state index in [2.05, 4.69) is 41.2 Å². The van der Waals surface area contributed by atoms with Gasteiger partial charge in [0.15, 0.2) is 0 Å². The molecule has 0 aliphatic heterocycles. The van der Waals surface area contributed by atoms with Gasteiger partial charge in [0.1, 0.15) is 18.3 Å². The van der Waals surface area contributed by atoms with Gasteiger partial charge in [0.05, 0.1) is 18.8 Å². The molecule has 0 N–H and O–H groups in total. The molecule has 6 atom stereocenters. The molecule has 0 bridgehead atoms. The van der Waals surface area contributed by atoms with Crippen molar-refractivity contribution in [2.45, 2.75) is 129 Å². The van der Waals surface area contributed by atoms with Gasteiger partial charge in [-0.25, -0.2) is 0 Å². The van der Waals surface area contributed by atoms with E-state index in [4.69, 9.17) is 23.7 Å². The second kappa shape index (κ2) is 19.8. The Kier molecular flexibility index (Phi) is 18.3. The molecule has 0 aromatic carbocycles. The number of rotatable bonds is 21. The summed E-state index contributed by atoms with van der Waals surface area (Å²) < 4.78 is 32.7. The first-order chi connectivity index (χ1) is 16.2. The predicted molar refractivity (Wildman–Crippen MR) is 137 cm³/mol. The van der Waals surface area contributed by atoms with Gasteiger partial charge in [0.2, 0.25) is 0 Å². The molecule has 0 heterocycles. The van der Waals surface area contributed by atoms with E-state index in [1.54, 1.807) is 0 Å². The van der Waals surface area contributed by atoms with Gasteiger partial charge in [-0.05, 0) is 32.1 Å². The molecule has 5 nitrogen and oxygen atoms in total. The zero-order valence-electron chi connectivity index (χ0n) is 22.4. The Balaban J connectivity index is 3.32. The van der Waals surface area contributed by atoms with E-state index < -0.39 is 0 Å². The summed E-state index contributed by atoms with van der Waals surface area (Å²) in [6.07, 6.45) is 11.8. The molecular formula is C28H54O5. The van der Waals surface area contributed by atoms with Crippen LogP contribution in [-0.2, 0) is 23.7 Å². The molecule has 0 radical (unpaired) electrons. The standard InChI is InChI=1S/C28H54O5/c1-7-13-19-30-25-23(17-11-5)24(29-18-12-6)26(31-20-14-8-2)28(33-22-16-10-4)27(25)32-21-15-9-3/h12,23-28H,6-11,13-22H2,1-5H3. The first-order valence-electron chi connectivity index (χ1n) is 13.9. The maximum Gasteiger partial charge on any atom is 0.115 e. The number of ether oxygens (including phenoxy) is 5. The quantitative estimate of drug-likeness (QED) is 0.137. The number of unbranched alkanes of at least 4 members (excludes halogenated alkanes) is 4. The lowest BCUT2D eigenvalue weighted by molar-refractivity contribution is -0.260. The molecule has 196 valence electrons. The van der Waals surface area contributed by atoms with Crippen molar-refractivity contribution in [1.82, 2.24) is 0 Å². The summed E-state index contributed by atoms with van der Waals surface area (Å²) in [7, 11) is 0. The Morgan fingerprint density at radius 3 is 1.24 bits per heavy atom. The summed E-state index contributed by atoms with van der Waals surface area (Å²) >= 11 is 0. The van der Waals surface area contributed by atoms with E-state index in [9.17, 15) is 0 Å². The number of hydrogen-bond donors (Lipinski definition) is 0. The highest BCUT2D eigenvalue weighted by Crippen LogP contribution is 2.38. The fourth-order valence-electron chi connectivity index (χ4n) is 4.54. The van der Waals surface area contributed by atoms with Gasteiger partial charge >= 0.3 is 0 Å². The first-order valence-corrected chi connectivity index (χ1v) is 13.9. The topological polar surface area (TPSA) is 46.2 Å². The zero-order chi connectivity index (χ0) is 24.3. The predicted octanol–water partition coefficient (Wildman–Crippen LogP) is 6.73. The lowest BCUT2D eigenvalue weighted by Gasteiger charge is -2.50. The Morgan fingerprint density at radius 2 is 0.879 bits per heavy atom. The van der Waals surface area contributed by atoms with Gasteiger partial charge in [-0.2, -0.15) is 0 Å². The normalized spacial score (nSPS) is 27.7. The van der Waals surface area contributed by atoms with Crippen molar-refractivity contribution in [1.29, 1.82) is 0 Å². The van der Waals surface area contributed by atoms with Crippen molar-refractivity contribution in [2.24, 2.45) is 5.92 Å². The van der Waals surface area contributed by atoms with E-state index in [0.717, 1.165) is 77.4 Å². The van der Waals surface area contributed by atoms with E-state index in [1.807, 2.05) is 6.08 Å². The molecule has 6 unspecified atom stereocenters. The van der Waals surface area contributed by atoms with E-state index >= 15 is 0 Å². The lowest BCUT2D eigenvalue weighted by atomic mass is 9.75. The van der Waals surface area contributed by atoms with Crippen LogP contribution in [0.3, 0.4) is 0 Å². The average Bonchev–Trinajstić information content (AvgIpc) is 2.82. The smallest absolute Gasteiger partial charge is 0.115 e. The van der Waals surface area contributed by atoms with E-state index in [1.165, 1.54) is 0 Å². The lowest BCUT2D eigenvalue weighted by Crippen LogP contribution is -2.64. The van der Waals surface area contributed by atoms with Crippen LogP contribution in [-0.4, -0.2) is 63.6 Å². The third-order valence-electron chi connectivity index (χ3n) is 6.40. The van der Waals surface area contributed by atoms with Crippen molar-refractivity contribution in [3.05, 3.63) is 12.7 Å². The van der Waals surface area contributed by atoms with Gasteiger partial charge in [0.25, 0.3) is 0 Å². The van der Waals surface area contributed by atoms with E-state index in [-0.39, 0.29) is 36.4 Å². The molecule has 1 rings (SSSR count). The molecule has 1 aliphatic rings. The zero-order valence-corrected chi connectivity index (χ0v) is 22.4. The highest BCUT2D eigenvalue weighted by Gasteiger charge is 2.53. The summed E-state index contributed by atoms with van der Waals surface area (Å²) in [6.45, 7) is 18.3. The van der Waals surface area contributed by atoms with Gasteiger partial charge in [-0.1, -0.05) is 72.8 Å². The Hall–Kier alpha value is -0.460. The molecule has 5 heteroatoms. The Morgan fingerprint density at radius 1 is 0.515 bits per heavy atom. The van der Waals surface area contributed by atoms with Gasteiger partial charge in [-0.15, -0.1) is 6.58 Å². The summed E-state index contributed by atoms with van der Waals surface area (Å²) in [6, 6.07) is 0. The summed E-state index contributed by atoms with van der Waals surface area (Å²) in [4.78, 5) is 0. The molecule has 0 aromatic rings. The van der Waals surface area contributed by atoms with Crippen LogP contribution in [0.4, 0.5) is 0 Å². The molecule has 0 spiro atoms. The van der Waals surface area contributed by atoms with Gasteiger partial charge < -0.3 is 23.7 Å². The first kappa shape index (κ1) is 30.6. The summed E-state index contributed by atoms with van der Waals surface area (Å²) in [5.41, 5.74) is 0. The van der Waals surface area contributed by atoms with Crippen LogP contribution in [0.25, 0.3) is 0 Å². The maximum absolute atomic E-state index is 6.59. The van der Waals surface area contributed by atoms with Crippen LogP contribution in [0, 0.1) is 5.92 Å². The van der Waals surface area contributed by atoms with Gasteiger partial charge in [0, 0.05) is 32.3 Å². The molecule has 0 amide bonds. The number of hydrogen-bond acceptors (Lipinski definition) is 5. The second-order valence-corrected chi connectivity index (χ2v) is 9.29. The van der Waals surface area contributed by atoms with Crippen molar-refractivity contribution in [2.75, 3.05) is 33.0 Å². The van der Waals surface area contributed by atoms with Crippen molar-refractivity contribution in [3.8, 4) is 0 Å². The minimum atomic E-state index is -0.195. The van der Waals surface area contributed by atoms with Crippen LogP contribution in [0.15, 0.2) is 12.7 Å². The van der Waals surface area contributed by atoms with Crippen LogP contribution in [0.2, 0.25) is 0 Å². The molecular weight excluding hydrogens is 416 g/mol. The third-order valence-corrected chi connectivity index (χ3v) is 6.40. The highest BCUT2D eigenvalue weighted by molar-refractivity contribution is 5.03. The molecule has 1 fully saturated rings. The van der Waals surface area contributed by atoms with E-state index in [0.29, 0.717) is 19.8 Å². The summed E-state index contributed by atoms with van der Waals surface area (Å²) in [5, 5.41) is 0. The Bertz CT molecular complexity index is 458. The van der Waals surface area contributed by atoms with Crippen molar-refractivity contribution in [3.63, 3.8) is 0 Å². The summed E-state index contributed by atoms with van der Waals surface area (Å²) in [5.74, 6) is 0.205. The largest absolute Gasteiger partial charge is 0.375 e. The fraction of sp³-hybridized carbons (Fsp3) is 0.929.